The van der Waals surface area contributed by atoms with E-state index in [2.05, 4.69) is 10.4 Å². The first-order valence-electron chi connectivity index (χ1n) is 8.69. The number of fused-ring (bicyclic) bond motifs is 1. The third-order valence-electron chi connectivity index (χ3n) is 4.42. The van der Waals surface area contributed by atoms with E-state index in [4.69, 9.17) is 9.47 Å². The molecule has 7 heteroatoms. The fraction of sp³-hybridized carbons (Fsp3) is 0.143. The van der Waals surface area contributed by atoms with E-state index >= 15 is 0 Å². The van der Waals surface area contributed by atoms with Crippen molar-refractivity contribution in [2.75, 3.05) is 19.5 Å². The van der Waals surface area contributed by atoms with Gasteiger partial charge in [-0.3, -0.25) is 4.79 Å². The number of para-hydroxylation sites is 2. The fourth-order valence-corrected chi connectivity index (χ4v) is 4.15. The van der Waals surface area contributed by atoms with Crippen molar-refractivity contribution in [2.24, 2.45) is 0 Å². The van der Waals surface area contributed by atoms with Gasteiger partial charge in [0, 0.05) is 5.39 Å². The zero-order valence-electron chi connectivity index (χ0n) is 15.7. The maximum absolute atomic E-state index is 12.9. The lowest BCUT2D eigenvalue weighted by Gasteiger charge is -2.12. The molecule has 1 N–H and O–H groups in total. The van der Waals surface area contributed by atoms with Gasteiger partial charge in [0.25, 0.3) is 5.91 Å². The number of hydrogen-bond acceptors (Lipinski definition) is 5. The Balaban J connectivity index is 1.70. The van der Waals surface area contributed by atoms with Gasteiger partial charge in [-0.25, -0.2) is 4.68 Å². The Morgan fingerprint density at radius 3 is 2.57 bits per heavy atom. The summed E-state index contributed by atoms with van der Waals surface area (Å²) in [5.41, 5.74) is 2.41. The first kappa shape index (κ1) is 18.1. The van der Waals surface area contributed by atoms with Gasteiger partial charge >= 0.3 is 0 Å². The Morgan fingerprint density at radius 1 is 1.07 bits per heavy atom. The second-order valence-electron chi connectivity index (χ2n) is 6.16. The van der Waals surface area contributed by atoms with Crippen molar-refractivity contribution >= 4 is 33.1 Å². The van der Waals surface area contributed by atoms with Crippen LogP contribution in [0.4, 0.5) is 5.69 Å². The first-order chi connectivity index (χ1) is 13.6. The molecule has 0 fully saturated rings. The van der Waals surface area contributed by atoms with Crippen LogP contribution < -0.4 is 14.8 Å². The number of hydrogen-bond donors (Lipinski definition) is 1. The summed E-state index contributed by atoms with van der Waals surface area (Å²) >= 11 is 1.41. The summed E-state index contributed by atoms with van der Waals surface area (Å²) in [6, 6.07) is 17.1. The van der Waals surface area contributed by atoms with Gasteiger partial charge in [-0.1, -0.05) is 24.3 Å². The van der Waals surface area contributed by atoms with Crippen molar-refractivity contribution in [2.45, 2.75) is 6.92 Å². The number of ether oxygens (including phenoxy) is 2. The van der Waals surface area contributed by atoms with Gasteiger partial charge < -0.3 is 14.8 Å². The zero-order chi connectivity index (χ0) is 19.7. The van der Waals surface area contributed by atoms with Crippen LogP contribution in [-0.4, -0.2) is 29.9 Å². The van der Waals surface area contributed by atoms with E-state index < -0.39 is 0 Å². The van der Waals surface area contributed by atoms with Crippen LogP contribution in [0.2, 0.25) is 0 Å². The molecule has 0 saturated heterocycles. The molecule has 0 unspecified atom stereocenters. The number of nitrogens with zero attached hydrogens (tertiary/aromatic N) is 2. The van der Waals surface area contributed by atoms with Crippen LogP contribution >= 0.6 is 11.3 Å². The summed E-state index contributed by atoms with van der Waals surface area (Å²) in [7, 11) is 3.11. The molecule has 4 rings (SSSR count). The van der Waals surface area contributed by atoms with Gasteiger partial charge in [0.2, 0.25) is 0 Å². The van der Waals surface area contributed by atoms with Gasteiger partial charge in [-0.05, 0) is 37.3 Å². The van der Waals surface area contributed by atoms with Crippen LogP contribution in [0.25, 0.3) is 15.9 Å². The van der Waals surface area contributed by atoms with Crippen LogP contribution in [-0.2, 0) is 0 Å². The largest absolute Gasteiger partial charge is 0.493 e. The quantitative estimate of drug-likeness (QED) is 0.535. The van der Waals surface area contributed by atoms with Crippen molar-refractivity contribution in [3.63, 3.8) is 0 Å². The van der Waals surface area contributed by atoms with E-state index in [-0.39, 0.29) is 5.91 Å². The van der Waals surface area contributed by atoms with Crippen LogP contribution in [0.5, 0.6) is 11.5 Å². The van der Waals surface area contributed by atoms with E-state index in [1.165, 1.54) is 11.3 Å². The average Bonchev–Trinajstić information content (AvgIpc) is 3.29. The summed E-state index contributed by atoms with van der Waals surface area (Å²) in [6.45, 7) is 1.95. The van der Waals surface area contributed by atoms with Crippen LogP contribution in [0.3, 0.4) is 0 Å². The molecule has 0 atom stereocenters. The Hall–Kier alpha value is -3.32. The Kier molecular flexibility index (Phi) is 4.75. The lowest BCUT2D eigenvalue weighted by Crippen LogP contribution is -2.11. The third kappa shape index (κ3) is 3.10. The molecule has 0 aliphatic heterocycles. The van der Waals surface area contributed by atoms with Gasteiger partial charge in [0.15, 0.2) is 11.5 Å². The van der Waals surface area contributed by atoms with Crippen molar-refractivity contribution in [1.29, 1.82) is 0 Å². The molecule has 2 heterocycles. The lowest BCUT2D eigenvalue weighted by atomic mass is 10.2. The monoisotopic (exact) mass is 393 g/mol. The molecule has 1 amide bonds. The van der Waals surface area contributed by atoms with E-state index in [9.17, 15) is 4.79 Å². The molecule has 4 aromatic rings. The molecule has 2 aromatic heterocycles. The van der Waals surface area contributed by atoms with Crippen molar-refractivity contribution in [1.82, 2.24) is 9.78 Å². The molecule has 0 aliphatic rings. The van der Waals surface area contributed by atoms with Crippen LogP contribution in [0.1, 0.15) is 15.4 Å². The van der Waals surface area contributed by atoms with E-state index in [1.807, 2.05) is 48.0 Å². The number of amides is 1. The summed E-state index contributed by atoms with van der Waals surface area (Å²) < 4.78 is 12.6. The minimum absolute atomic E-state index is 0.202. The number of methoxy groups -OCH3 is 2. The van der Waals surface area contributed by atoms with E-state index in [0.29, 0.717) is 22.1 Å². The van der Waals surface area contributed by atoms with E-state index in [0.717, 1.165) is 21.6 Å². The highest BCUT2D eigenvalue weighted by atomic mass is 32.1. The minimum Gasteiger partial charge on any atom is -0.493 e. The molecule has 0 spiro atoms. The molecule has 142 valence electrons. The number of carbonyl (C=O) groups is 1. The molecule has 2 aromatic carbocycles. The number of aryl methyl sites for hydroxylation is 1. The lowest BCUT2D eigenvalue weighted by molar-refractivity contribution is 0.103. The maximum atomic E-state index is 12.9. The van der Waals surface area contributed by atoms with Gasteiger partial charge in [-0.2, -0.15) is 5.10 Å². The number of anilines is 1. The molecular weight excluding hydrogens is 374 g/mol. The summed E-state index contributed by atoms with van der Waals surface area (Å²) in [6.07, 6.45) is 0. The molecule has 0 radical (unpaired) electrons. The zero-order valence-corrected chi connectivity index (χ0v) is 16.5. The van der Waals surface area contributed by atoms with Gasteiger partial charge in [0.05, 0.1) is 36.2 Å². The predicted octanol–water partition coefficient (Wildman–Crippen LogP) is 4.66. The fourth-order valence-electron chi connectivity index (χ4n) is 3.07. The number of aromatic nitrogens is 2. The highest BCUT2D eigenvalue weighted by molar-refractivity contribution is 7.20. The molecule has 0 aliphatic carbocycles. The van der Waals surface area contributed by atoms with Crippen LogP contribution in [0.15, 0.2) is 54.6 Å². The third-order valence-corrected chi connectivity index (χ3v) is 5.53. The molecule has 0 saturated carbocycles. The van der Waals surface area contributed by atoms with Gasteiger partial charge in [0.1, 0.15) is 4.83 Å². The topological polar surface area (TPSA) is 65.4 Å². The summed E-state index contributed by atoms with van der Waals surface area (Å²) in [5, 5.41) is 8.50. The molecule has 6 nitrogen and oxygen atoms in total. The average molecular weight is 393 g/mol. The van der Waals surface area contributed by atoms with Crippen LogP contribution in [0, 0.1) is 6.92 Å². The summed E-state index contributed by atoms with van der Waals surface area (Å²) in [5.74, 6) is 0.852. The van der Waals surface area contributed by atoms with Crippen molar-refractivity contribution in [3.05, 3.63) is 65.2 Å². The molecule has 0 bridgehead atoms. The Labute approximate surface area is 166 Å². The number of benzene rings is 2. The molecular formula is C21H19N3O3S. The molecule has 28 heavy (non-hydrogen) atoms. The summed E-state index contributed by atoms with van der Waals surface area (Å²) in [4.78, 5) is 14.4. The van der Waals surface area contributed by atoms with Crippen molar-refractivity contribution < 1.29 is 14.3 Å². The standard InChI is InChI=1S/C21H19N3O3S/c1-13-15-12-18(28-21(15)24(23-13)14-8-5-4-6-9-14)20(25)22-16-10-7-11-17(26-2)19(16)27-3/h4-12H,1-3H3,(H,22,25). The smallest absolute Gasteiger partial charge is 0.265 e. The number of rotatable bonds is 5. The highest BCUT2D eigenvalue weighted by Gasteiger charge is 2.19. The Morgan fingerprint density at radius 2 is 1.86 bits per heavy atom. The SMILES string of the molecule is COc1cccc(NC(=O)c2cc3c(C)nn(-c4ccccc4)c3s2)c1OC. The second kappa shape index (κ2) is 7.36. The van der Waals surface area contributed by atoms with E-state index in [1.54, 1.807) is 32.4 Å². The van der Waals surface area contributed by atoms with Crippen molar-refractivity contribution in [3.8, 4) is 17.2 Å². The number of carbonyl (C=O) groups excluding carboxylic acids is 1. The normalized spacial score (nSPS) is 10.8. The second-order valence-corrected chi connectivity index (χ2v) is 7.19. The van der Waals surface area contributed by atoms with Gasteiger partial charge in [-0.15, -0.1) is 11.3 Å². The predicted molar refractivity (Wildman–Crippen MR) is 111 cm³/mol. The first-order valence-corrected chi connectivity index (χ1v) is 9.51. The maximum Gasteiger partial charge on any atom is 0.265 e. The number of thiophene rings is 1. The minimum atomic E-state index is -0.202. The highest BCUT2D eigenvalue weighted by Crippen LogP contribution is 2.36. The Bertz CT molecular complexity index is 1150. The number of nitrogens with one attached hydrogen (secondary N) is 1.